The maximum atomic E-state index is 12.4. The fourth-order valence-corrected chi connectivity index (χ4v) is 3.94. The Bertz CT molecular complexity index is 610. The van der Waals surface area contributed by atoms with E-state index in [1.165, 1.54) is 4.70 Å². The predicted molar refractivity (Wildman–Crippen MR) is 88.1 cm³/mol. The lowest BCUT2D eigenvalue weighted by Crippen LogP contribution is -2.38. The van der Waals surface area contributed by atoms with Gasteiger partial charge in [-0.25, -0.2) is 4.98 Å². The average Bonchev–Trinajstić information content (AvgIpc) is 3.16. The van der Waals surface area contributed by atoms with Crippen LogP contribution in [0.1, 0.15) is 23.9 Å². The standard InChI is InChI=1S/C16H21N3O2S/c1-21-10-8-17-11-15(20)19-9-4-6-13(19)16-18-12-5-2-3-7-14(12)22-16/h2-3,5,7,13,17H,4,6,8-11H2,1H3. The number of ether oxygens (including phenoxy) is 1. The van der Waals surface area contributed by atoms with Crippen molar-refractivity contribution < 1.29 is 9.53 Å². The number of hydrogen-bond donors (Lipinski definition) is 1. The number of carbonyl (C=O) groups is 1. The molecule has 1 N–H and O–H groups in total. The van der Waals surface area contributed by atoms with Crippen LogP contribution in [0.2, 0.25) is 0 Å². The first-order valence-electron chi connectivity index (χ1n) is 7.64. The van der Waals surface area contributed by atoms with Crippen LogP contribution in [0.15, 0.2) is 24.3 Å². The van der Waals surface area contributed by atoms with E-state index in [9.17, 15) is 4.79 Å². The van der Waals surface area contributed by atoms with Gasteiger partial charge in [0.05, 0.1) is 29.4 Å². The van der Waals surface area contributed by atoms with Crippen molar-refractivity contribution >= 4 is 27.5 Å². The number of nitrogens with zero attached hydrogens (tertiary/aromatic N) is 2. The van der Waals surface area contributed by atoms with Gasteiger partial charge < -0.3 is 15.0 Å². The molecule has 1 amide bonds. The molecule has 0 spiro atoms. The van der Waals surface area contributed by atoms with Gasteiger partial charge in [0, 0.05) is 20.2 Å². The number of benzene rings is 1. The van der Waals surface area contributed by atoms with Crippen molar-refractivity contribution in [1.82, 2.24) is 15.2 Å². The fourth-order valence-electron chi connectivity index (χ4n) is 2.83. The molecule has 1 atom stereocenters. The van der Waals surface area contributed by atoms with E-state index in [1.54, 1.807) is 18.4 Å². The molecule has 2 aromatic rings. The predicted octanol–water partition coefficient (Wildman–Crippen LogP) is 2.20. The number of nitrogens with one attached hydrogen (secondary N) is 1. The zero-order chi connectivity index (χ0) is 15.4. The summed E-state index contributed by atoms with van der Waals surface area (Å²) in [6, 6.07) is 8.28. The lowest BCUT2D eigenvalue weighted by Gasteiger charge is -2.23. The van der Waals surface area contributed by atoms with Gasteiger partial charge in [-0.2, -0.15) is 0 Å². The molecule has 118 valence electrons. The van der Waals surface area contributed by atoms with Crippen molar-refractivity contribution in [1.29, 1.82) is 0 Å². The van der Waals surface area contributed by atoms with Gasteiger partial charge in [-0.3, -0.25) is 4.79 Å². The van der Waals surface area contributed by atoms with Crippen LogP contribution in [0.25, 0.3) is 10.2 Å². The Kier molecular flexibility index (Phi) is 5.02. The molecule has 1 aromatic carbocycles. The Labute approximate surface area is 134 Å². The minimum atomic E-state index is 0.133. The quantitative estimate of drug-likeness (QED) is 0.829. The van der Waals surface area contributed by atoms with Gasteiger partial charge in [0.2, 0.25) is 5.91 Å². The molecule has 1 unspecified atom stereocenters. The van der Waals surface area contributed by atoms with Crippen LogP contribution in [0.4, 0.5) is 0 Å². The third-order valence-electron chi connectivity index (χ3n) is 3.93. The van der Waals surface area contributed by atoms with E-state index in [4.69, 9.17) is 9.72 Å². The minimum Gasteiger partial charge on any atom is -0.383 e. The zero-order valence-corrected chi connectivity index (χ0v) is 13.6. The third-order valence-corrected chi connectivity index (χ3v) is 5.07. The number of aromatic nitrogens is 1. The smallest absolute Gasteiger partial charge is 0.237 e. The highest BCUT2D eigenvalue weighted by Gasteiger charge is 2.31. The summed E-state index contributed by atoms with van der Waals surface area (Å²) in [6.07, 6.45) is 2.05. The van der Waals surface area contributed by atoms with Crippen LogP contribution >= 0.6 is 11.3 Å². The van der Waals surface area contributed by atoms with Gasteiger partial charge in [-0.05, 0) is 25.0 Å². The number of methoxy groups -OCH3 is 1. The van der Waals surface area contributed by atoms with Crippen LogP contribution in [0, 0.1) is 0 Å². The number of likely N-dealkylation sites (tertiary alicyclic amines) is 1. The van der Waals surface area contributed by atoms with Crippen LogP contribution in [-0.2, 0) is 9.53 Å². The molecule has 0 aliphatic carbocycles. The number of amides is 1. The molecule has 1 saturated heterocycles. The van der Waals surface area contributed by atoms with Crippen molar-refractivity contribution in [2.24, 2.45) is 0 Å². The molecular formula is C16H21N3O2S. The number of fused-ring (bicyclic) bond motifs is 1. The number of thiazole rings is 1. The lowest BCUT2D eigenvalue weighted by atomic mass is 10.2. The maximum absolute atomic E-state index is 12.4. The van der Waals surface area contributed by atoms with Crippen LogP contribution in [-0.4, -0.2) is 49.1 Å². The topological polar surface area (TPSA) is 54.5 Å². The molecule has 1 fully saturated rings. The molecule has 1 aliphatic rings. The molecule has 0 radical (unpaired) electrons. The van der Waals surface area contributed by atoms with E-state index in [0.717, 1.165) is 29.9 Å². The van der Waals surface area contributed by atoms with Crippen molar-refractivity contribution in [3.8, 4) is 0 Å². The van der Waals surface area contributed by atoms with Crippen LogP contribution in [0.5, 0.6) is 0 Å². The van der Waals surface area contributed by atoms with E-state index in [0.29, 0.717) is 19.7 Å². The highest BCUT2D eigenvalue weighted by molar-refractivity contribution is 7.18. The summed E-state index contributed by atoms with van der Waals surface area (Å²) in [5.74, 6) is 0.151. The molecule has 0 bridgehead atoms. The first kappa shape index (κ1) is 15.4. The Morgan fingerprint density at radius 2 is 2.36 bits per heavy atom. The molecule has 22 heavy (non-hydrogen) atoms. The molecule has 0 saturated carbocycles. The second-order valence-electron chi connectivity index (χ2n) is 5.43. The largest absolute Gasteiger partial charge is 0.383 e. The summed E-state index contributed by atoms with van der Waals surface area (Å²) in [7, 11) is 1.66. The Balaban J connectivity index is 1.68. The Hall–Kier alpha value is -1.50. The normalized spacial score (nSPS) is 18.2. The number of hydrogen-bond acceptors (Lipinski definition) is 5. The monoisotopic (exact) mass is 319 g/mol. The van der Waals surface area contributed by atoms with Crippen molar-refractivity contribution in [3.63, 3.8) is 0 Å². The van der Waals surface area contributed by atoms with Gasteiger partial charge in [-0.15, -0.1) is 11.3 Å². The first-order chi connectivity index (χ1) is 10.8. The summed E-state index contributed by atoms with van der Waals surface area (Å²) < 4.78 is 6.17. The van der Waals surface area contributed by atoms with E-state index in [1.807, 2.05) is 23.1 Å². The second kappa shape index (κ2) is 7.17. The van der Waals surface area contributed by atoms with Crippen LogP contribution in [0.3, 0.4) is 0 Å². The van der Waals surface area contributed by atoms with Gasteiger partial charge in [0.15, 0.2) is 0 Å². The summed E-state index contributed by atoms with van der Waals surface area (Å²) in [5.41, 5.74) is 1.03. The van der Waals surface area contributed by atoms with Crippen molar-refractivity contribution in [3.05, 3.63) is 29.3 Å². The molecule has 1 aliphatic heterocycles. The summed E-state index contributed by atoms with van der Waals surface area (Å²) >= 11 is 1.70. The number of para-hydroxylation sites is 1. The Morgan fingerprint density at radius 1 is 1.50 bits per heavy atom. The Morgan fingerprint density at radius 3 is 3.18 bits per heavy atom. The molecular weight excluding hydrogens is 298 g/mol. The highest BCUT2D eigenvalue weighted by atomic mass is 32.1. The second-order valence-corrected chi connectivity index (χ2v) is 6.50. The highest BCUT2D eigenvalue weighted by Crippen LogP contribution is 2.36. The zero-order valence-electron chi connectivity index (χ0n) is 12.7. The average molecular weight is 319 g/mol. The van der Waals surface area contributed by atoms with E-state index < -0.39 is 0 Å². The SMILES string of the molecule is COCCNCC(=O)N1CCCC1c1nc2ccccc2s1. The van der Waals surface area contributed by atoms with Gasteiger partial charge in [0.1, 0.15) is 5.01 Å². The minimum absolute atomic E-state index is 0.133. The van der Waals surface area contributed by atoms with E-state index in [-0.39, 0.29) is 11.9 Å². The molecule has 1 aromatic heterocycles. The molecule has 6 heteroatoms. The summed E-state index contributed by atoms with van der Waals surface area (Å²) in [6.45, 7) is 2.51. The van der Waals surface area contributed by atoms with Crippen molar-refractivity contribution in [2.75, 3.05) is 33.4 Å². The lowest BCUT2D eigenvalue weighted by molar-refractivity contribution is -0.131. The summed E-state index contributed by atoms with van der Waals surface area (Å²) in [5, 5.41) is 4.19. The van der Waals surface area contributed by atoms with E-state index in [2.05, 4.69) is 11.4 Å². The first-order valence-corrected chi connectivity index (χ1v) is 8.46. The molecule has 2 heterocycles. The molecule has 3 rings (SSSR count). The van der Waals surface area contributed by atoms with Crippen molar-refractivity contribution in [2.45, 2.75) is 18.9 Å². The molecule has 5 nitrogen and oxygen atoms in total. The number of rotatable bonds is 6. The van der Waals surface area contributed by atoms with E-state index >= 15 is 0 Å². The van der Waals surface area contributed by atoms with Gasteiger partial charge >= 0.3 is 0 Å². The third kappa shape index (κ3) is 3.29. The van der Waals surface area contributed by atoms with Crippen LogP contribution < -0.4 is 5.32 Å². The maximum Gasteiger partial charge on any atom is 0.237 e. The number of carbonyl (C=O) groups excluding carboxylic acids is 1. The van der Waals surface area contributed by atoms with Gasteiger partial charge in [0.25, 0.3) is 0 Å². The summed E-state index contributed by atoms with van der Waals surface area (Å²) in [4.78, 5) is 19.1. The fraction of sp³-hybridized carbons (Fsp3) is 0.500. The van der Waals surface area contributed by atoms with Gasteiger partial charge in [-0.1, -0.05) is 12.1 Å².